The van der Waals surface area contributed by atoms with Crippen LogP contribution < -0.4 is 30.1 Å². The highest BCUT2D eigenvalue weighted by Gasteiger charge is 2.46. The number of aryl methyl sites for hydroxylation is 1. The van der Waals surface area contributed by atoms with Crippen molar-refractivity contribution >= 4 is 140 Å². The number of nitrogens with zero attached hydrogens (tertiary/aromatic N) is 8. The topological polar surface area (TPSA) is 207 Å². The normalized spacial score (nSPS) is 17.8. The van der Waals surface area contributed by atoms with Crippen LogP contribution in [0.5, 0.6) is 0 Å². The highest BCUT2D eigenvalue weighted by molar-refractivity contribution is 7.86. The molecule has 0 unspecified atom stereocenters. The van der Waals surface area contributed by atoms with E-state index >= 15 is 0 Å². The van der Waals surface area contributed by atoms with Crippen molar-refractivity contribution in [1.82, 2.24) is 38.9 Å². The summed E-state index contributed by atoms with van der Waals surface area (Å²) in [4.78, 5) is 47.0. The summed E-state index contributed by atoms with van der Waals surface area (Å²) in [6, 6.07) is 30.6. The molecule has 0 atom stereocenters. The first kappa shape index (κ1) is 61.5. The molecule has 470 valence electrons. The summed E-state index contributed by atoms with van der Waals surface area (Å²) in [5.74, 6) is 0.165. The maximum absolute atomic E-state index is 11.6. The summed E-state index contributed by atoms with van der Waals surface area (Å²) in [5.41, 5.74) is 15.4. The number of carbonyl (C=O) groups excluding carboxylic acids is 2. The van der Waals surface area contributed by atoms with Crippen LogP contribution in [-0.2, 0) is 52.8 Å². The Balaban J connectivity index is 0.000000110. The largest absolute Gasteiger partial charge is 0.371 e. The van der Waals surface area contributed by atoms with Gasteiger partial charge in [0.15, 0.2) is 0 Å². The van der Waals surface area contributed by atoms with Crippen LogP contribution in [0, 0.1) is 10.8 Å². The third-order valence-corrected chi connectivity index (χ3v) is 21.1. The van der Waals surface area contributed by atoms with E-state index in [9.17, 15) is 18.0 Å². The number of nitrogens with one attached hydrogen (secondary N) is 5. The third-order valence-electron chi connectivity index (χ3n) is 19.2. The molecule has 6 aliphatic rings. The average molecular weight is 1310 g/mol. The summed E-state index contributed by atoms with van der Waals surface area (Å²) >= 11 is 25.0. The van der Waals surface area contributed by atoms with Gasteiger partial charge in [0.2, 0.25) is 11.8 Å². The first-order valence-corrected chi connectivity index (χ1v) is 33.8. The molecule has 6 aliphatic heterocycles. The number of carbonyl (C=O) groups is 2. The van der Waals surface area contributed by atoms with Crippen molar-refractivity contribution < 1.29 is 18.0 Å². The molecule has 2 amide bonds. The van der Waals surface area contributed by atoms with Crippen LogP contribution in [0.25, 0.3) is 43.6 Å². The average Bonchev–Trinajstić information content (AvgIpc) is 1.06. The van der Waals surface area contributed by atoms with Crippen molar-refractivity contribution in [3.63, 3.8) is 0 Å². The number of halogens is 4. The molecule has 2 spiro atoms. The lowest BCUT2D eigenvalue weighted by molar-refractivity contribution is -0.142. The molecule has 5 aromatic heterocycles. The molecule has 0 bridgehead atoms. The van der Waals surface area contributed by atoms with E-state index in [1.165, 1.54) is 66.5 Å². The molecule has 10 aromatic rings. The molecule has 7 N–H and O–H groups in total. The molecule has 5 aromatic carbocycles. The van der Waals surface area contributed by atoms with Gasteiger partial charge in [-0.1, -0.05) is 52.5 Å². The second-order valence-corrected chi connectivity index (χ2v) is 28.5. The van der Waals surface area contributed by atoms with E-state index in [1.807, 2.05) is 83.9 Å². The first-order valence-electron chi connectivity index (χ1n) is 30.7. The van der Waals surface area contributed by atoms with Gasteiger partial charge in [-0.2, -0.15) is 17.8 Å². The SMILES string of the molecule is CC(=O)N1CC2(CCN(c3cc(Cl)cc4[nH]ccc34)CC2)C1.CC(=O)Nc1ccc2c(c1)CCN(c1cc(Cl)cc3[nH]ccc13)C2.Cn1cc2c(n1)CCN(c1cc(Cl)cc3[nH]ccc13)C2.NS(=O)(=O)N1CCC2(CCN(c3cc(Cl)cc4[nH]ccc34)CC2)C1. The van der Waals surface area contributed by atoms with Crippen molar-refractivity contribution in [3.05, 3.63) is 164 Å². The van der Waals surface area contributed by atoms with Gasteiger partial charge in [0.1, 0.15) is 0 Å². The highest BCUT2D eigenvalue weighted by atomic mass is 35.5. The number of nitrogens with two attached hydrogens (primary N) is 1. The van der Waals surface area contributed by atoms with Gasteiger partial charge in [-0.05, 0) is 140 Å². The number of aromatic nitrogens is 6. The molecule has 11 heterocycles. The van der Waals surface area contributed by atoms with Gasteiger partial charge in [-0.3, -0.25) is 14.3 Å². The van der Waals surface area contributed by atoms with Crippen LogP contribution in [0.3, 0.4) is 0 Å². The van der Waals surface area contributed by atoms with Crippen molar-refractivity contribution in [2.45, 2.75) is 71.9 Å². The Morgan fingerprint density at radius 3 is 1.40 bits per heavy atom. The predicted octanol–water partition coefficient (Wildman–Crippen LogP) is 13.0. The maximum Gasteiger partial charge on any atom is 0.276 e. The van der Waals surface area contributed by atoms with E-state index < -0.39 is 10.2 Å². The Morgan fingerprint density at radius 1 is 0.522 bits per heavy atom. The number of amides is 2. The molecule has 4 saturated heterocycles. The van der Waals surface area contributed by atoms with Gasteiger partial charge in [-0.25, -0.2) is 5.14 Å². The number of anilines is 5. The van der Waals surface area contributed by atoms with Crippen LogP contribution in [0.15, 0.2) is 122 Å². The van der Waals surface area contributed by atoms with Gasteiger partial charge in [0, 0.05) is 240 Å². The molecule has 18 nitrogen and oxygen atoms in total. The smallest absolute Gasteiger partial charge is 0.276 e. The minimum atomic E-state index is -3.57. The zero-order chi connectivity index (χ0) is 62.6. The monoisotopic (exact) mass is 1310 g/mol. The Morgan fingerprint density at radius 2 is 0.956 bits per heavy atom. The lowest BCUT2D eigenvalue weighted by atomic mass is 9.72. The van der Waals surface area contributed by atoms with Crippen LogP contribution in [0.4, 0.5) is 28.4 Å². The Labute approximate surface area is 543 Å². The van der Waals surface area contributed by atoms with E-state index in [0.29, 0.717) is 18.5 Å². The fourth-order valence-corrected chi connectivity index (χ4v) is 16.1. The molecule has 16 rings (SSSR count). The zero-order valence-electron chi connectivity index (χ0n) is 50.7. The summed E-state index contributed by atoms with van der Waals surface area (Å²) in [7, 11) is -1.59. The highest BCUT2D eigenvalue weighted by Crippen LogP contribution is 2.45. The van der Waals surface area contributed by atoms with Gasteiger partial charge >= 0.3 is 0 Å². The van der Waals surface area contributed by atoms with Crippen molar-refractivity contribution in [3.8, 4) is 0 Å². The standard InChI is InChI=1S/C19H18ClN3O.C17H20ClN3O.C16H21ClN4O2S.C15H15ClN4/c1-12(24)22-16-3-2-14-11-23(7-5-13(14)8-16)19-10-15(20)9-18-17(19)4-6-21-18;1-12(22)21-10-17(11-21)3-6-20(7-4-17)16-9-13(18)8-15-14(16)2-5-19-15;17-12-9-14-13(1-5-19-14)15(10-12)20-6-2-16(3-7-20)4-8-21(11-16)24(18,22)23;1-19-8-10-9-20(5-3-13(10)18-19)15-7-11(16)6-14-12(15)2-4-17-14/h2-4,6,8-10,21H,5,7,11H2,1H3,(H,22,24);2,5,8-9,19H,3-4,6-7,10-11H2,1H3;1,5,9-10,19H,2-4,6-8,11H2,(H2,18,22,23);2,4,6-8,17H,3,5,9H2,1H3. The Bertz CT molecular complexity index is 4430. The number of hydrogen-bond acceptors (Lipinski definition) is 9. The van der Waals surface area contributed by atoms with Crippen molar-refractivity contribution in [2.24, 2.45) is 23.0 Å². The fraction of sp³-hybridized carbons (Fsp3) is 0.358. The van der Waals surface area contributed by atoms with E-state index in [2.05, 4.69) is 105 Å². The molecule has 0 saturated carbocycles. The lowest BCUT2D eigenvalue weighted by Gasteiger charge is -2.54. The molecular weight excluding hydrogens is 1240 g/mol. The number of aromatic amines is 4. The summed E-state index contributed by atoms with van der Waals surface area (Å²) < 4.78 is 26.5. The van der Waals surface area contributed by atoms with Crippen molar-refractivity contribution in [1.29, 1.82) is 0 Å². The molecule has 23 heteroatoms. The van der Waals surface area contributed by atoms with E-state index in [1.54, 1.807) is 6.92 Å². The van der Waals surface area contributed by atoms with E-state index in [0.717, 1.165) is 170 Å². The molecule has 90 heavy (non-hydrogen) atoms. The second-order valence-electron chi connectivity index (χ2n) is 25.2. The Kier molecular flexibility index (Phi) is 17.1. The van der Waals surface area contributed by atoms with Gasteiger partial charge in [-0.15, -0.1) is 0 Å². The predicted molar refractivity (Wildman–Crippen MR) is 366 cm³/mol. The molecule has 0 radical (unpaired) electrons. The second kappa shape index (κ2) is 25.0. The quantitative estimate of drug-likeness (QED) is 0.0935. The zero-order valence-corrected chi connectivity index (χ0v) is 54.5. The summed E-state index contributed by atoms with van der Waals surface area (Å²) in [6.07, 6.45) is 17.0. The Hall–Kier alpha value is -7.36. The maximum atomic E-state index is 11.6. The molecule has 0 aliphatic carbocycles. The van der Waals surface area contributed by atoms with Gasteiger partial charge in [0.05, 0.1) is 5.69 Å². The van der Waals surface area contributed by atoms with Crippen LogP contribution in [-0.4, -0.2) is 125 Å². The van der Waals surface area contributed by atoms with Crippen LogP contribution in [0.2, 0.25) is 20.1 Å². The number of H-pyrrole nitrogens is 4. The van der Waals surface area contributed by atoms with Crippen LogP contribution in [0.1, 0.15) is 68.3 Å². The summed E-state index contributed by atoms with van der Waals surface area (Å²) in [6.45, 7) is 13.7. The number of piperidine rings is 2. The number of fused-ring (bicyclic) bond motifs is 6. The number of hydrogen-bond donors (Lipinski definition) is 6. The van der Waals surface area contributed by atoms with Crippen LogP contribution >= 0.6 is 46.4 Å². The first-order chi connectivity index (χ1) is 43.2. The number of likely N-dealkylation sites (tertiary alicyclic amines) is 1. The van der Waals surface area contributed by atoms with E-state index in [4.69, 9.17) is 51.5 Å². The van der Waals surface area contributed by atoms with Gasteiger partial charge < -0.3 is 49.8 Å². The minimum Gasteiger partial charge on any atom is -0.371 e. The van der Waals surface area contributed by atoms with E-state index in [-0.39, 0.29) is 17.2 Å². The minimum absolute atomic E-state index is 0.0406. The van der Waals surface area contributed by atoms with Crippen molar-refractivity contribution in [2.75, 3.05) is 90.4 Å². The number of benzene rings is 5. The van der Waals surface area contributed by atoms with Gasteiger partial charge in [0.25, 0.3) is 10.2 Å². The molecule has 4 fully saturated rings. The number of rotatable bonds is 6. The lowest BCUT2D eigenvalue weighted by Crippen LogP contribution is -2.61. The summed E-state index contributed by atoms with van der Waals surface area (Å²) in [5, 5.41) is 20.5. The fourth-order valence-electron chi connectivity index (χ4n) is 14.5. The third kappa shape index (κ3) is 13.0. The molecular formula is C67H74Cl4N14O4S.